The number of thiol groups is 4. The predicted octanol–water partition coefficient (Wildman–Crippen LogP) is 0.959. The molecule has 0 aliphatic rings. The average molecular weight is 252 g/mol. The highest BCUT2D eigenvalue weighted by molar-refractivity contribution is 9.47. The number of carboxylic acid groups (broad SMARTS) is 2. The second-order valence-electron chi connectivity index (χ2n) is 1.81. The number of rotatable bonds is 2. The molecule has 2 amide bonds. The lowest BCUT2D eigenvalue weighted by Crippen LogP contribution is -2.38. The van der Waals surface area contributed by atoms with Gasteiger partial charge in [0, 0.05) is 0 Å². The molecule has 0 aromatic rings. The molecule has 0 unspecified atom stereocenters. The first kappa shape index (κ1) is 11.9. The van der Waals surface area contributed by atoms with Crippen molar-refractivity contribution < 1.29 is 19.8 Å². The highest BCUT2D eigenvalue weighted by Crippen LogP contribution is 2.74. The van der Waals surface area contributed by atoms with Gasteiger partial charge in [-0.15, -0.1) is 0 Å². The molecule has 0 rings (SSSR count). The van der Waals surface area contributed by atoms with E-state index in [0.29, 0.717) is 0 Å². The van der Waals surface area contributed by atoms with Crippen molar-refractivity contribution >= 4 is 53.8 Å². The Morgan fingerprint density at radius 3 is 1.42 bits per heavy atom. The lowest BCUT2D eigenvalue weighted by molar-refractivity contribution is 0.200. The molecule has 0 radical (unpaired) electrons. The smallest absolute Gasteiger partial charge is 0.415 e. The zero-order chi connectivity index (χ0) is 10.0. The van der Waals surface area contributed by atoms with Crippen molar-refractivity contribution in [3.63, 3.8) is 0 Å². The van der Waals surface area contributed by atoms with Gasteiger partial charge in [0.2, 0.25) is 0 Å². The summed E-state index contributed by atoms with van der Waals surface area (Å²) in [5.41, 5.74) is 0. The van der Waals surface area contributed by atoms with Crippen LogP contribution in [-0.2, 0) is 0 Å². The Kier molecular flexibility index (Phi) is 3.34. The Morgan fingerprint density at radius 1 is 1.00 bits per heavy atom. The summed E-state index contributed by atoms with van der Waals surface area (Å²) in [5.74, 6) is 0. The van der Waals surface area contributed by atoms with Crippen molar-refractivity contribution in [2.45, 2.75) is 0 Å². The molecule has 0 spiro atoms. The maximum atomic E-state index is 10.1. The van der Waals surface area contributed by atoms with E-state index < -0.39 is 18.8 Å². The summed E-state index contributed by atoms with van der Waals surface area (Å²) in [5, 5.41) is 16.5. The van der Waals surface area contributed by atoms with Gasteiger partial charge in [0.25, 0.3) is 0 Å². The van der Waals surface area contributed by atoms with E-state index in [0.717, 1.165) is 0 Å². The van der Waals surface area contributed by atoms with Gasteiger partial charge in [0.05, 0.1) is 0 Å². The molecular weight excluding hydrogens is 244 g/mol. The van der Waals surface area contributed by atoms with Crippen molar-refractivity contribution in [1.29, 1.82) is 0 Å². The second kappa shape index (κ2) is 3.36. The van der Waals surface area contributed by atoms with Crippen molar-refractivity contribution in [1.82, 2.24) is 9.44 Å². The van der Waals surface area contributed by atoms with E-state index in [-0.39, 0.29) is 0 Å². The molecule has 74 valence electrons. The van der Waals surface area contributed by atoms with Gasteiger partial charge in [-0.05, 0) is 0 Å². The maximum Gasteiger partial charge on any atom is 0.415 e. The topological polar surface area (TPSA) is 98.7 Å². The second-order valence-corrected chi connectivity index (χ2v) is 14.3. The fourth-order valence-corrected chi connectivity index (χ4v) is 2.68. The number of hydrogen-bond acceptors (Lipinski definition) is 5. The summed E-state index contributed by atoms with van der Waals surface area (Å²) < 4.78 is 3.55. The molecule has 4 N–H and O–H groups in total. The van der Waals surface area contributed by atoms with Gasteiger partial charge in [-0.3, -0.25) is 9.44 Å². The monoisotopic (exact) mass is 252 g/mol. The minimum Gasteiger partial charge on any atom is -0.464 e. The van der Waals surface area contributed by atoms with Crippen molar-refractivity contribution in [2.75, 3.05) is 0 Å². The highest BCUT2D eigenvalue weighted by atomic mass is 33.9. The van der Waals surface area contributed by atoms with Gasteiger partial charge in [-0.1, -0.05) is 41.6 Å². The van der Waals surface area contributed by atoms with E-state index in [9.17, 15) is 9.59 Å². The first-order chi connectivity index (χ1) is 5.10. The van der Waals surface area contributed by atoms with Crippen LogP contribution < -0.4 is 9.44 Å². The molecule has 0 aromatic carbocycles. The SMILES string of the molecule is O=C(O)N[SH](S)(S)(S)NC(=O)O. The van der Waals surface area contributed by atoms with Crippen molar-refractivity contribution in [3.8, 4) is 0 Å². The Hall–Kier alpha value is -0.0600. The molecule has 12 heavy (non-hydrogen) atoms. The third-order valence-electron chi connectivity index (χ3n) is 0.603. The van der Waals surface area contributed by atoms with E-state index in [1.807, 2.05) is 0 Å². The molecule has 0 aliphatic heterocycles. The van der Waals surface area contributed by atoms with Crippen LogP contribution >= 0.6 is 41.6 Å². The minimum absolute atomic E-state index is 1.46. The van der Waals surface area contributed by atoms with E-state index in [1.165, 1.54) is 0 Å². The lowest BCUT2D eigenvalue weighted by atomic mass is 11.3. The maximum absolute atomic E-state index is 10.1. The van der Waals surface area contributed by atoms with Crippen LogP contribution in [0.15, 0.2) is 0 Å². The van der Waals surface area contributed by atoms with Crippen LogP contribution in [0.4, 0.5) is 9.59 Å². The first-order valence-electron chi connectivity index (χ1n) is 2.40. The Morgan fingerprint density at radius 2 is 1.25 bits per heavy atom. The fraction of sp³-hybridized carbons (Fsp3) is 0. The van der Waals surface area contributed by atoms with Crippen LogP contribution in [-0.4, -0.2) is 22.4 Å². The largest absolute Gasteiger partial charge is 0.464 e. The standard InChI is InChI=1S/C2H8N2O4S4/c5-1(6)3-12(9,10,11)4-2(7)8/h3-4,9-12H,(H,5,6)(H,7,8). The van der Waals surface area contributed by atoms with E-state index >= 15 is 0 Å². The normalized spacial score (nSPS) is 14.1. The van der Waals surface area contributed by atoms with Gasteiger partial charge in [-0.2, -0.15) is 0 Å². The molecule has 0 aromatic heterocycles. The highest BCUT2D eigenvalue weighted by Gasteiger charge is 2.30. The van der Waals surface area contributed by atoms with Crippen LogP contribution in [0, 0.1) is 0 Å². The molecule has 0 saturated heterocycles. The summed E-state index contributed by atoms with van der Waals surface area (Å²) in [4.78, 5) is 20.3. The molecule has 0 aliphatic carbocycles. The number of carbonyl (C=O) groups is 2. The molecule has 0 fully saturated rings. The number of hydrogen-bond donors (Lipinski definition) is 8. The Balaban J connectivity index is 4.49. The lowest BCUT2D eigenvalue weighted by Gasteiger charge is -2.47. The van der Waals surface area contributed by atoms with E-state index in [1.54, 1.807) is 9.44 Å². The van der Waals surface area contributed by atoms with Gasteiger partial charge >= 0.3 is 12.2 Å². The molecule has 0 atom stereocenters. The van der Waals surface area contributed by atoms with Crippen LogP contribution in [0.2, 0.25) is 0 Å². The summed E-state index contributed by atoms with van der Waals surface area (Å²) >= 11 is 11.1. The Labute approximate surface area is 83.1 Å². The van der Waals surface area contributed by atoms with Gasteiger partial charge < -0.3 is 10.2 Å². The number of amides is 2. The van der Waals surface area contributed by atoms with Crippen molar-refractivity contribution in [2.24, 2.45) is 0 Å². The fourth-order valence-electron chi connectivity index (χ4n) is 0.380. The molecule has 0 saturated carbocycles. The zero-order valence-corrected chi connectivity index (χ0v) is 9.08. The predicted molar refractivity (Wildman–Crippen MR) is 58.3 cm³/mol. The summed E-state index contributed by atoms with van der Waals surface area (Å²) in [7, 11) is 0. The summed E-state index contributed by atoms with van der Waals surface area (Å²) in [6.45, 7) is -3.91. The molecule has 10 heteroatoms. The first-order valence-corrected chi connectivity index (χ1v) is 8.10. The summed E-state index contributed by atoms with van der Waals surface area (Å²) in [6.07, 6.45) is -2.91. The van der Waals surface area contributed by atoms with Crippen LogP contribution in [0.5, 0.6) is 0 Å². The van der Waals surface area contributed by atoms with Crippen LogP contribution in [0.3, 0.4) is 0 Å². The summed E-state index contributed by atoms with van der Waals surface area (Å²) in [6, 6.07) is 0. The van der Waals surface area contributed by atoms with E-state index in [2.05, 4.69) is 35.0 Å². The average Bonchev–Trinajstić information content (AvgIpc) is 1.49. The minimum atomic E-state index is -3.91. The van der Waals surface area contributed by atoms with Crippen LogP contribution in [0.25, 0.3) is 0 Å². The molecular formula is C2H8N2O4S4. The van der Waals surface area contributed by atoms with Gasteiger partial charge in [-0.25, -0.2) is 9.59 Å². The molecule has 0 heterocycles. The molecule has 6 nitrogen and oxygen atoms in total. The third-order valence-corrected chi connectivity index (χ3v) is 3.61. The third kappa shape index (κ3) is 5.57. The quantitative estimate of drug-likeness (QED) is 0.277. The van der Waals surface area contributed by atoms with Gasteiger partial charge in [0.15, 0.2) is 0 Å². The van der Waals surface area contributed by atoms with Gasteiger partial charge in [0.1, 0.15) is 0 Å². The van der Waals surface area contributed by atoms with Crippen LogP contribution in [0.1, 0.15) is 0 Å². The Bertz CT molecular complexity index is 201. The zero-order valence-electron chi connectivity index (χ0n) is 5.50. The van der Waals surface area contributed by atoms with Crippen molar-refractivity contribution in [3.05, 3.63) is 0 Å². The van der Waals surface area contributed by atoms with E-state index in [4.69, 9.17) is 10.2 Å². The molecule has 0 bridgehead atoms. The number of nitrogens with one attached hydrogen (secondary N) is 2.